The summed E-state index contributed by atoms with van der Waals surface area (Å²) in [6, 6.07) is 4.85. The molecule has 0 aromatic heterocycles. The summed E-state index contributed by atoms with van der Waals surface area (Å²) < 4.78 is 39.6. The second-order valence-electron chi connectivity index (χ2n) is 5.78. The molecule has 1 aliphatic rings. The van der Waals surface area contributed by atoms with Gasteiger partial charge in [0.15, 0.2) is 0 Å². The molecular weight excluding hydrogens is 321 g/mol. The van der Waals surface area contributed by atoms with Gasteiger partial charge in [-0.15, -0.1) is 0 Å². The molecule has 0 atom stereocenters. The molecule has 0 aliphatic carbocycles. The van der Waals surface area contributed by atoms with Crippen LogP contribution in [-0.2, 0) is 14.8 Å². The molecule has 0 unspecified atom stereocenters. The Hall–Kier alpha value is -1.51. The van der Waals surface area contributed by atoms with Gasteiger partial charge in [-0.25, -0.2) is 12.8 Å². The van der Waals surface area contributed by atoms with Gasteiger partial charge in [0.25, 0.3) is 0 Å². The van der Waals surface area contributed by atoms with Gasteiger partial charge in [0.2, 0.25) is 15.9 Å². The maximum Gasteiger partial charge on any atom is 0.243 e. The van der Waals surface area contributed by atoms with Gasteiger partial charge in [0, 0.05) is 33.7 Å². The highest BCUT2D eigenvalue weighted by molar-refractivity contribution is 7.89. The fourth-order valence-corrected chi connectivity index (χ4v) is 3.90. The average Bonchev–Trinajstić information content (AvgIpc) is 2.73. The van der Waals surface area contributed by atoms with E-state index >= 15 is 0 Å². The molecule has 0 radical (unpaired) electrons. The molecule has 1 aliphatic heterocycles. The first kappa shape index (κ1) is 17.8. The number of benzene rings is 1. The molecule has 1 heterocycles. The summed E-state index contributed by atoms with van der Waals surface area (Å²) in [7, 11) is -0.226. The van der Waals surface area contributed by atoms with Crippen LogP contribution in [0, 0.1) is 5.82 Å². The fourth-order valence-electron chi connectivity index (χ4n) is 2.43. The number of sulfonamides is 1. The number of halogens is 1. The van der Waals surface area contributed by atoms with Crippen molar-refractivity contribution in [1.29, 1.82) is 0 Å². The number of hydrogen-bond donors (Lipinski definition) is 0. The zero-order chi connectivity index (χ0) is 17.0. The smallest absolute Gasteiger partial charge is 0.243 e. The number of rotatable bonds is 4. The summed E-state index contributed by atoms with van der Waals surface area (Å²) in [4.78, 5) is 15.4. The maximum atomic E-state index is 13.0. The van der Waals surface area contributed by atoms with Crippen molar-refractivity contribution in [3.8, 4) is 0 Å². The van der Waals surface area contributed by atoms with Crippen molar-refractivity contribution in [3.05, 3.63) is 30.1 Å². The molecular formula is C15H22FN3O3S. The van der Waals surface area contributed by atoms with Gasteiger partial charge in [-0.05, 0) is 37.2 Å². The molecule has 1 aromatic rings. The number of carbonyl (C=O) groups excluding carboxylic acids is 1. The minimum Gasteiger partial charge on any atom is -0.348 e. The van der Waals surface area contributed by atoms with Gasteiger partial charge in [0.05, 0.1) is 11.4 Å². The highest BCUT2D eigenvalue weighted by atomic mass is 32.2. The van der Waals surface area contributed by atoms with Gasteiger partial charge < -0.3 is 4.90 Å². The highest BCUT2D eigenvalue weighted by Crippen LogP contribution is 2.18. The van der Waals surface area contributed by atoms with Crippen LogP contribution in [0.15, 0.2) is 29.2 Å². The summed E-state index contributed by atoms with van der Waals surface area (Å²) in [5.41, 5.74) is 0. The molecule has 0 spiro atoms. The molecule has 23 heavy (non-hydrogen) atoms. The van der Waals surface area contributed by atoms with E-state index in [1.54, 1.807) is 14.1 Å². The van der Waals surface area contributed by atoms with E-state index in [0.717, 1.165) is 12.1 Å². The van der Waals surface area contributed by atoms with Crippen LogP contribution in [0.5, 0.6) is 0 Å². The summed E-state index contributed by atoms with van der Waals surface area (Å²) in [5.74, 6) is -0.465. The minimum absolute atomic E-state index is 0.000147. The molecule has 8 heteroatoms. The first-order valence-electron chi connectivity index (χ1n) is 7.49. The van der Waals surface area contributed by atoms with Gasteiger partial charge >= 0.3 is 0 Å². The monoisotopic (exact) mass is 343 g/mol. The molecule has 0 N–H and O–H groups in total. The van der Waals surface area contributed by atoms with Crippen LogP contribution >= 0.6 is 0 Å². The molecule has 0 saturated carbocycles. The number of carbonyl (C=O) groups is 1. The Balaban J connectivity index is 2.05. The quantitative estimate of drug-likeness (QED) is 0.804. The number of hydrogen-bond acceptors (Lipinski definition) is 4. The highest BCUT2D eigenvalue weighted by Gasteiger charge is 2.27. The number of likely N-dealkylation sites (N-methyl/N-ethyl adjacent to an activating group) is 1. The van der Waals surface area contributed by atoms with E-state index in [2.05, 4.69) is 0 Å². The Morgan fingerprint density at radius 3 is 2.39 bits per heavy atom. The van der Waals surface area contributed by atoms with Crippen molar-refractivity contribution in [2.45, 2.75) is 11.3 Å². The Bertz CT molecular complexity index is 646. The third kappa shape index (κ3) is 4.49. The molecule has 0 bridgehead atoms. The summed E-state index contributed by atoms with van der Waals surface area (Å²) in [5, 5.41) is 0. The Labute approximate surface area is 136 Å². The first-order valence-corrected chi connectivity index (χ1v) is 8.93. The predicted molar refractivity (Wildman–Crippen MR) is 84.9 cm³/mol. The molecule has 1 saturated heterocycles. The number of nitrogens with zero attached hydrogens (tertiary/aromatic N) is 3. The van der Waals surface area contributed by atoms with Gasteiger partial charge in [0.1, 0.15) is 5.82 Å². The third-order valence-corrected chi connectivity index (χ3v) is 5.77. The topological polar surface area (TPSA) is 60.9 Å². The molecule has 128 valence electrons. The van der Waals surface area contributed by atoms with Gasteiger partial charge in [-0.1, -0.05) is 0 Å². The van der Waals surface area contributed by atoms with Crippen LogP contribution in [0.3, 0.4) is 0 Å². The average molecular weight is 343 g/mol. The first-order chi connectivity index (χ1) is 10.8. The molecule has 1 amide bonds. The van der Waals surface area contributed by atoms with E-state index in [-0.39, 0.29) is 17.3 Å². The SMILES string of the molecule is CN(C)C(=O)CN1CCCN(S(=O)(=O)c2ccc(F)cc2)CC1. The second-order valence-corrected chi connectivity index (χ2v) is 7.71. The van der Waals surface area contributed by atoms with E-state index in [4.69, 9.17) is 0 Å². The summed E-state index contributed by atoms with van der Waals surface area (Å²) in [6.45, 7) is 2.18. The fraction of sp³-hybridized carbons (Fsp3) is 0.533. The lowest BCUT2D eigenvalue weighted by atomic mass is 10.4. The lowest BCUT2D eigenvalue weighted by Crippen LogP contribution is -2.39. The molecule has 2 rings (SSSR count). The van der Waals surface area contributed by atoms with Crippen LogP contribution in [-0.4, -0.2) is 75.2 Å². The third-order valence-electron chi connectivity index (χ3n) is 3.86. The van der Waals surface area contributed by atoms with Crippen molar-refractivity contribution in [2.75, 3.05) is 46.8 Å². The summed E-state index contributed by atoms with van der Waals surface area (Å²) >= 11 is 0. The van der Waals surface area contributed by atoms with E-state index in [1.807, 2.05) is 4.90 Å². The van der Waals surface area contributed by atoms with Crippen molar-refractivity contribution in [3.63, 3.8) is 0 Å². The van der Waals surface area contributed by atoms with Crippen LogP contribution in [0.2, 0.25) is 0 Å². The standard InChI is InChI=1S/C15H22FN3O3S/c1-17(2)15(20)12-18-8-3-9-19(11-10-18)23(21,22)14-6-4-13(16)5-7-14/h4-7H,3,8-12H2,1-2H3. The molecule has 6 nitrogen and oxygen atoms in total. The minimum atomic E-state index is -3.63. The van der Waals surface area contributed by atoms with Gasteiger partial charge in [-0.2, -0.15) is 4.31 Å². The molecule has 1 fully saturated rings. The van der Waals surface area contributed by atoms with Gasteiger partial charge in [-0.3, -0.25) is 9.69 Å². The Kier molecular flexibility index (Phi) is 5.72. The van der Waals surface area contributed by atoms with Crippen molar-refractivity contribution < 1.29 is 17.6 Å². The second kappa shape index (κ2) is 7.37. The lowest BCUT2D eigenvalue weighted by Gasteiger charge is -2.22. The normalized spacial score (nSPS) is 17.7. The lowest BCUT2D eigenvalue weighted by molar-refractivity contribution is -0.129. The zero-order valence-electron chi connectivity index (χ0n) is 13.4. The Morgan fingerprint density at radius 1 is 1.13 bits per heavy atom. The maximum absolute atomic E-state index is 13.0. The van der Waals surface area contributed by atoms with E-state index < -0.39 is 15.8 Å². The van der Waals surface area contributed by atoms with Crippen molar-refractivity contribution in [2.24, 2.45) is 0 Å². The van der Waals surface area contributed by atoms with Crippen LogP contribution in [0.25, 0.3) is 0 Å². The predicted octanol–water partition coefficient (Wildman–Crippen LogP) is 0.610. The van der Waals surface area contributed by atoms with Crippen LogP contribution in [0.4, 0.5) is 4.39 Å². The van der Waals surface area contributed by atoms with Crippen molar-refractivity contribution in [1.82, 2.24) is 14.1 Å². The largest absolute Gasteiger partial charge is 0.348 e. The van der Waals surface area contributed by atoms with Crippen molar-refractivity contribution >= 4 is 15.9 Å². The zero-order valence-corrected chi connectivity index (χ0v) is 14.2. The van der Waals surface area contributed by atoms with Crippen LogP contribution < -0.4 is 0 Å². The van der Waals surface area contributed by atoms with E-state index in [0.29, 0.717) is 32.6 Å². The van der Waals surface area contributed by atoms with Crippen LogP contribution in [0.1, 0.15) is 6.42 Å². The summed E-state index contributed by atoms with van der Waals surface area (Å²) in [6.07, 6.45) is 0.654. The Morgan fingerprint density at radius 2 is 1.78 bits per heavy atom. The molecule has 1 aromatic carbocycles. The van der Waals surface area contributed by atoms with E-state index in [1.165, 1.54) is 21.3 Å². The van der Waals surface area contributed by atoms with E-state index in [9.17, 15) is 17.6 Å². The number of amides is 1.